The standard InChI is InChI=1S/C26H23ClN2O3/c27-21-7-11-23(12-8-21)28-22-9-5-18(6-10-22)19-3-4-20-16-29(25(31)24(20)15-19)26(32-17-30)13-1-2-14-26/h3-12,15,17,28H,1-2,13-14,16H2. The van der Waals surface area contributed by atoms with Crippen LogP contribution in [0.3, 0.4) is 0 Å². The lowest BCUT2D eigenvalue weighted by Crippen LogP contribution is -2.48. The van der Waals surface area contributed by atoms with Crippen molar-refractivity contribution in [3.05, 3.63) is 82.9 Å². The zero-order valence-electron chi connectivity index (χ0n) is 17.5. The summed E-state index contributed by atoms with van der Waals surface area (Å²) in [5.41, 5.74) is 4.80. The summed E-state index contributed by atoms with van der Waals surface area (Å²) in [5.74, 6) is -0.0633. The Balaban J connectivity index is 1.36. The summed E-state index contributed by atoms with van der Waals surface area (Å²) in [6, 6.07) is 21.6. The van der Waals surface area contributed by atoms with Gasteiger partial charge in [-0.05, 0) is 72.0 Å². The normalized spacial score (nSPS) is 16.7. The van der Waals surface area contributed by atoms with Crippen molar-refractivity contribution >= 4 is 35.4 Å². The van der Waals surface area contributed by atoms with Crippen LogP contribution in [0.1, 0.15) is 41.6 Å². The van der Waals surface area contributed by atoms with Crippen LogP contribution in [0, 0.1) is 0 Å². The zero-order chi connectivity index (χ0) is 22.1. The molecule has 1 N–H and O–H groups in total. The summed E-state index contributed by atoms with van der Waals surface area (Å²) in [5, 5.41) is 4.05. The maximum atomic E-state index is 13.2. The van der Waals surface area contributed by atoms with Crippen LogP contribution >= 0.6 is 11.6 Å². The number of fused-ring (bicyclic) bond motifs is 1. The van der Waals surface area contributed by atoms with Gasteiger partial charge in [-0.2, -0.15) is 0 Å². The molecule has 3 aromatic carbocycles. The first-order chi connectivity index (χ1) is 15.6. The molecule has 1 heterocycles. The van der Waals surface area contributed by atoms with Gasteiger partial charge in [-0.15, -0.1) is 0 Å². The van der Waals surface area contributed by atoms with Crippen LogP contribution in [0.4, 0.5) is 11.4 Å². The lowest BCUT2D eigenvalue weighted by Gasteiger charge is -2.36. The summed E-state index contributed by atoms with van der Waals surface area (Å²) in [4.78, 5) is 26.1. The summed E-state index contributed by atoms with van der Waals surface area (Å²) in [6.45, 7) is 0.957. The minimum Gasteiger partial charge on any atom is -0.441 e. The van der Waals surface area contributed by atoms with Gasteiger partial charge in [0.15, 0.2) is 5.72 Å². The van der Waals surface area contributed by atoms with Crippen LogP contribution in [0.5, 0.6) is 0 Å². The Morgan fingerprint density at radius 3 is 2.19 bits per heavy atom. The Morgan fingerprint density at radius 2 is 1.53 bits per heavy atom. The molecule has 1 amide bonds. The third-order valence-electron chi connectivity index (χ3n) is 6.41. The van der Waals surface area contributed by atoms with Crippen LogP contribution in [0.15, 0.2) is 66.7 Å². The van der Waals surface area contributed by atoms with Gasteiger partial charge < -0.3 is 10.1 Å². The second-order valence-electron chi connectivity index (χ2n) is 8.34. The van der Waals surface area contributed by atoms with E-state index in [9.17, 15) is 9.59 Å². The number of hydrogen-bond donors (Lipinski definition) is 1. The number of benzene rings is 3. The van der Waals surface area contributed by atoms with Gasteiger partial charge in [-0.25, -0.2) is 0 Å². The zero-order valence-corrected chi connectivity index (χ0v) is 18.3. The summed E-state index contributed by atoms with van der Waals surface area (Å²) in [6.07, 6.45) is 3.30. The van der Waals surface area contributed by atoms with Crippen molar-refractivity contribution in [3.63, 3.8) is 0 Å². The number of nitrogens with one attached hydrogen (secondary N) is 1. The summed E-state index contributed by atoms with van der Waals surface area (Å²) >= 11 is 5.95. The molecule has 0 spiro atoms. The van der Waals surface area contributed by atoms with Crippen molar-refractivity contribution in [1.82, 2.24) is 4.90 Å². The molecule has 0 radical (unpaired) electrons. The Kier molecular flexibility index (Phi) is 5.35. The highest BCUT2D eigenvalue weighted by molar-refractivity contribution is 6.30. The van der Waals surface area contributed by atoms with Crippen molar-refractivity contribution in [2.24, 2.45) is 0 Å². The third kappa shape index (κ3) is 3.73. The number of nitrogens with zero attached hydrogens (tertiary/aromatic N) is 1. The largest absolute Gasteiger partial charge is 0.441 e. The molecular weight excluding hydrogens is 424 g/mol. The average molecular weight is 447 g/mol. The molecule has 3 aromatic rings. The first kappa shape index (κ1) is 20.6. The molecule has 1 fully saturated rings. The fourth-order valence-corrected chi connectivity index (χ4v) is 4.85. The molecule has 0 bridgehead atoms. The van der Waals surface area contributed by atoms with Gasteiger partial charge >= 0.3 is 0 Å². The quantitative estimate of drug-likeness (QED) is 0.461. The van der Waals surface area contributed by atoms with Gasteiger partial charge in [0.25, 0.3) is 12.4 Å². The third-order valence-corrected chi connectivity index (χ3v) is 6.66. The minimum atomic E-state index is -0.799. The fraction of sp³-hybridized carbons (Fsp3) is 0.231. The molecular formula is C26H23ClN2O3. The smallest absolute Gasteiger partial charge is 0.295 e. The van der Waals surface area contributed by atoms with Crippen LogP contribution in [-0.2, 0) is 16.1 Å². The van der Waals surface area contributed by atoms with Crippen LogP contribution in [-0.4, -0.2) is 23.0 Å². The number of amides is 1. The Morgan fingerprint density at radius 1 is 0.906 bits per heavy atom. The summed E-state index contributed by atoms with van der Waals surface area (Å²) in [7, 11) is 0. The van der Waals surface area contributed by atoms with Crippen molar-refractivity contribution in [2.75, 3.05) is 5.32 Å². The number of anilines is 2. The molecule has 162 valence electrons. The monoisotopic (exact) mass is 446 g/mol. The van der Waals surface area contributed by atoms with E-state index < -0.39 is 5.72 Å². The molecule has 1 saturated carbocycles. The summed E-state index contributed by atoms with van der Waals surface area (Å²) < 4.78 is 5.47. The number of carbonyl (C=O) groups excluding carboxylic acids is 2. The highest BCUT2D eigenvalue weighted by Crippen LogP contribution is 2.41. The van der Waals surface area contributed by atoms with Crippen molar-refractivity contribution in [2.45, 2.75) is 38.0 Å². The van der Waals surface area contributed by atoms with Crippen LogP contribution < -0.4 is 5.32 Å². The van der Waals surface area contributed by atoms with E-state index in [-0.39, 0.29) is 5.91 Å². The van der Waals surface area contributed by atoms with Gasteiger partial charge in [-0.3, -0.25) is 14.5 Å². The van der Waals surface area contributed by atoms with Gasteiger partial charge in [0.1, 0.15) is 0 Å². The molecule has 0 saturated heterocycles. The number of hydrogen-bond acceptors (Lipinski definition) is 4. The molecule has 0 atom stereocenters. The highest BCUT2D eigenvalue weighted by atomic mass is 35.5. The van der Waals surface area contributed by atoms with E-state index in [4.69, 9.17) is 16.3 Å². The number of rotatable bonds is 6. The van der Waals surface area contributed by atoms with Crippen molar-refractivity contribution < 1.29 is 14.3 Å². The number of carbonyl (C=O) groups is 2. The molecule has 2 aliphatic rings. The van der Waals surface area contributed by atoms with E-state index in [2.05, 4.69) is 5.32 Å². The van der Waals surface area contributed by atoms with E-state index in [0.29, 0.717) is 36.4 Å². The molecule has 6 heteroatoms. The van der Waals surface area contributed by atoms with Crippen molar-refractivity contribution in [3.8, 4) is 11.1 Å². The van der Waals surface area contributed by atoms with E-state index >= 15 is 0 Å². The number of ether oxygens (including phenoxy) is 1. The van der Waals surface area contributed by atoms with E-state index in [1.165, 1.54) is 0 Å². The molecule has 0 unspecified atom stereocenters. The average Bonchev–Trinajstić information content (AvgIpc) is 3.41. The first-order valence-electron chi connectivity index (χ1n) is 10.8. The first-order valence-corrected chi connectivity index (χ1v) is 11.2. The fourth-order valence-electron chi connectivity index (χ4n) is 4.72. The van der Waals surface area contributed by atoms with Gasteiger partial charge in [0.2, 0.25) is 0 Å². The molecule has 1 aliphatic heterocycles. The van der Waals surface area contributed by atoms with Gasteiger partial charge in [0.05, 0.1) is 6.54 Å². The van der Waals surface area contributed by atoms with E-state index in [0.717, 1.165) is 40.9 Å². The van der Waals surface area contributed by atoms with Crippen LogP contribution in [0.2, 0.25) is 5.02 Å². The Labute approximate surface area is 192 Å². The van der Waals surface area contributed by atoms with Crippen LogP contribution in [0.25, 0.3) is 11.1 Å². The minimum absolute atomic E-state index is 0.0633. The molecule has 32 heavy (non-hydrogen) atoms. The lowest BCUT2D eigenvalue weighted by molar-refractivity contribution is -0.162. The SMILES string of the molecule is O=COC1(N2Cc3ccc(-c4ccc(Nc5ccc(Cl)cc5)cc4)cc3C2=O)CCCC1. The maximum absolute atomic E-state index is 13.2. The topological polar surface area (TPSA) is 58.6 Å². The predicted molar refractivity (Wildman–Crippen MR) is 125 cm³/mol. The number of halogens is 1. The van der Waals surface area contributed by atoms with E-state index in [1.54, 1.807) is 4.90 Å². The second kappa shape index (κ2) is 8.32. The van der Waals surface area contributed by atoms with Crippen molar-refractivity contribution in [1.29, 1.82) is 0 Å². The van der Waals surface area contributed by atoms with E-state index in [1.807, 2.05) is 66.7 Å². The Bertz CT molecular complexity index is 1150. The highest BCUT2D eigenvalue weighted by Gasteiger charge is 2.47. The van der Waals surface area contributed by atoms with Gasteiger partial charge in [0, 0.05) is 34.8 Å². The molecule has 1 aliphatic carbocycles. The predicted octanol–water partition coefficient (Wildman–Crippen LogP) is 6.15. The second-order valence-corrected chi connectivity index (χ2v) is 8.78. The molecule has 5 rings (SSSR count). The van der Waals surface area contributed by atoms with Gasteiger partial charge in [-0.1, -0.05) is 35.9 Å². The molecule has 0 aromatic heterocycles. The lowest BCUT2D eigenvalue weighted by atomic mass is 10.00. The maximum Gasteiger partial charge on any atom is 0.295 e. The molecule has 5 nitrogen and oxygen atoms in total. The Hall–Kier alpha value is -3.31.